The minimum Gasteiger partial charge on any atom is -0.439 e. The van der Waals surface area contributed by atoms with Crippen molar-refractivity contribution in [3.05, 3.63) is 53.7 Å². The molecule has 1 aromatic heterocycles. The van der Waals surface area contributed by atoms with Crippen LogP contribution < -0.4 is 10.5 Å². The van der Waals surface area contributed by atoms with E-state index < -0.39 is 0 Å². The molecule has 92 valence electrons. The molecule has 2 aromatic rings. The van der Waals surface area contributed by atoms with E-state index in [0.717, 1.165) is 5.56 Å². The summed E-state index contributed by atoms with van der Waals surface area (Å²) in [4.78, 5) is 4.07. The standard InChI is InChI=1S/C13H13N3O2/c1-9-2-5-11(6-3-9)18-12-7-4-10(8-15-12)13(14)16-17/h2-8,17H,1H3,(H2,14,16). The van der Waals surface area contributed by atoms with E-state index in [4.69, 9.17) is 15.7 Å². The van der Waals surface area contributed by atoms with Crippen molar-refractivity contribution in [1.29, 1.82) is 0 Å². The number of rotatable bonds is 3. The number of aryl methyl sites for hydroxylation is 1. The third kappa shape index (κ3) is 2.76. The second-order valence-corrected chi connectivity index (χ2v) is 3.79. The van der Waals surface area contributed by atoms with Crippen molar-refractivity contribution in [3.8, 4) is 11.6 Å². The molecule has 5 nitrogen and oxygen atoms in total. The van der Waals surface area contributed by atoms with E-state index in [1.807, 2.05) is 31.2 Å². The maximum atomic E-state index is 8.52. The number of aromatic nitrogens is 1. The molecule has 18 heavy (non-hydrogen) atoms. The van der Waals surface area contributed by atoms with Gasteiger partial charge in [0.05, 0.1) is 0 Å². The quantitative estimate of drug-likeness (QED) is 0.375. The molecular formula is C13H13N3O2. The average molecular weight is 243 g/mol. The van der Waals surface area contributed by atoms with Gasteiger partial charge in [0.2, 0.25) is 5.88 Å². The molecule has 0 saturated heterocycles. The highest BCUT2D eigenvalue weighted by Gasteiger charge is 2.02. The van der Waals surface area contributed by atoms with Gasteiger partial charge in [-0.15, -0.1) is 0 Å². The van der Waals surface area contributed by atoms with Gasteiger partial charge in [-0.3, -0.25) is 0 Å². The molecule has 0 atom stereocenters. The number of ether oxygens (including phenoxy) is 1. The minimum absolute atomic E-state index is 0.0179. The molecule has 0 fully saturated rings. The number of amidine groups is 1. The fourth-order valence-corrected chi connectivity index (χ4v) is 1.38. The molecule has 1 heterocycles. The fourth-order valence-electron chi connectivity index (χ4n) is 1.38. The highest BCUT2D eigenvalue weighted by molar-refractivity contribution is 5.96. The molecule has 0 unspecified atom stereocenters. The summed E-state index contributed by atoms with van der Waals surface area (Å²) in [6.45, 7) is 2.01. The van der Waals surface area contributed by atoms with Crippen molar-refractivity contribution in [1.82, 2.24) is 4.98 Å². The summed E-state index contributed by atoms with van der Waals surface area (Å²) >= 11 is 0. The van der Waals surface area contributed by atoms with Crippen molar-refractivity contribution in [2.24, 2.45) is 10.9 Å². The van der Waals surface area contributed by atoms with Gasteiger partial charge in [-0.25, -0.2) is 4.98 Å². The fraction of sp³-hybridized carbons (Fsp3) is 0.0769. The third-order valence-corrected chi connectivity index (χ3v) is 2.38. The third-order valence-electron chi connectivity index (χ3n) is 2.38. The van der Waals surface area contributed by atoms with Crippen LogP contribution in [0.2, 0.25) is 0 Å². The molecule has 0 aliphatic heterocycles. The highest BCUT2D eigenvalue weighted by atomic mass is 16.5. The lowest BCUT2D eigenvalue weighted by molar-refractivity contribution is 0.318. The predicted molar refractivity (Wildman–Crippen MR) is 68.0 cm³/mol. The number of hydrogen-bond donors (Lipinski definition) is 2. The molecule has 1 aromatic carbocycles. The summed E-state index contributed by atoms with van der Waals surface area (Å²) in [6.07, 6.45) is 1.48. The van der Waals surface area contributed by atoms with Crippen molar-refractivity contribution in [3.63, 3.8) is 0 Å². The van der Waals surface area contributed by atoms with E-state index in [-0.39, 0.29) is 5.84 Å². The van der Waals surface area contributed by atoms with Gasteiger partial charge in [0.1, 0.15) is 5.75 Å². The van der Waals surface area contributed by atoms with E-state index in [9.17, 15) is 0 Å². The predicted octanol–water partition coefficient (Wildman–Crippen LogP) is 2.28. The Bertz CT molecular complexity index is 547. The van der Waals surface area contributed by atoms with Crippen LogP contribution in [0, 0.1) is 6.92 Å². The second kappa shape index (κ2) is 5.18. The maximum absolute atomic E-state index is 8.52. The molecule has 3 N–H and O–H groups in total. The van der Waals surface area contributed by atoms with Crippen molar-refractivity contribution < 1.29 is 9.94 Å². The van der Waals surface area contributed by atoms with E-state index in [0.29, 0.717) is 17.2 Å². The second-order valence-electron chi connectivity index (χ2n) is 3.79. The lowest BCUT2D eigenvalue weighted by Gasteiger charge is -2.05. The molecular weight excluding hydrogens is 230 g/mol. The number of hydrogen-bond acceptors (Lipinski definition) is 4. The van der Waals surface area contributed by atoms with Crippen LogP contribution in [0.3, 0.4) is 0 Å². The van der Waals surface area contributed by atoms with Crippen LogP contribution in [0.4, 0.5) is 0 Å². The van der Waals surface area contributed by atoms with Crippen LogP contribution in [0.5, 0.6) is 11.6 Å². The summed E-state index contributed by atoms with van der Waals surface area (Å²) in [5.74, 6) is 1.18. The molecule has 0 aliphatic rings. The normalized spacial score (nSPS) is 11.3. The Balaban J connectivity index is 2.13. The Hall–Kier alpha value is -2.56. The molecule has 0 amide bonds. The SMILES string of the molecule is Cc1ccc(Oc2ccc(/C(N)=N/O)cn2)cc1. The first-order chi connectivity index (χ1) is 8.69. The Morgan fingerprint density at radius 3 is 2.50 bits per heavy atom. The lowest BCUT2D eigenvalue weighted by Crippen LogP contribution is -2.13. The number of nitrogens with zero attached hydrogens (tertiary/aromatic N) is 2. The zero-order valence-electron chi connectivity index (χ0n) is 9.87. The van der Waals surface area contributed by atoms with Gasteiger partial charge >= 0.3 is 0 Å². The van der Waals surface area contributed by atoms with Crippen molar-refractivity contribution in [2.45, 2.75) is 6.92 Å². The number of nitrogens with two attached hydrogens (primary N) is 1. The first-order valence-electron chi connectivity index (χ1n) is 5.37. The topological polar surface area (TPSA) is 80.7 Å². The monoisotopic (exact) mass is 243 g/mol. The van der Waals surface area contributed by atoms with Gasteiger partial charge in [0.25, 0.3) is 0 Å². The van der Waals surface area contributed by atoms with E-state index in [1.165, 1.54) is 6.20 Å². The van der Waals surface area contributed by atoms with E-state index in [1.54, 1.807) is 12.1 Å². The first-order valence-corrected chi connectivity index (χ1v) is 5.37. The van der Waals surface area contributed by atoms with Crippen LogP contribution in [0.15, 0.2) is 47.8 Å². The molecule has 5 heteroatoms. The summed E-state index contributed by atoms with van der Waals surface area (Å²) < 4.78 is 5.55. The smallest absolute Gasteiger partial charge is 0.219 e. The maximum Gasteiger partial charge on any atom is 0.219 e. The summed E-state index contributed by atoms with van der Waals surface area (Å²) in [5.41, 5.74) is 7.13. The van der Waals surface area contributed by atoms with Gasteiger partial charge in [0.15, 0.2) is 5.84 Å². The number of benzene rings is 1. The van der Waals surface area contributed by atoms with Gasteiger partial charge in [-0.1, -0.05) is 22.9 Å². The number of pyridine rings is 1. The highest BCUT2D eigenvalue weighted by Crippen LogP contribution is 2.19. The molecule has 0 bridgehead atoms. The molecule has 0 spiro atoms. The average Bonchev–Trinajstić information content (AvgIpc) is 2.41. The minimum atomic E-state index is 0.0179. The summed E-state index contributed by atoms with van der Waals surface area (Å²) in [7, 11) is 0. The van der Waals surface area contributed by atoms with Gasteiger partial charge in [-0.2, -0.15) is 0 Å². The lowest BCUT2D eigenvalue weighted by atomic mass is 10.2. The van der Waals surface area contributed by atoms with Crippen LogP contribution in [-0.2, 0) is 0 Å². The van der Waals surface area contributed by atoms with Crippen molar-refractivity contribution in [2.75, 3.05) is 0 Å². The molecule has 0 radical (unpaired) electrons. The van der Waals surface area contributed by atoms with Crippen LogP contribution in [0.25, 0.3) is 0 Å². The summed E-state index contributed by atoms with van der Waals surface area (Å²) in [6, 6.07) is 11.0. The number of oxime groups is 1. The molecule has 2 rings (SSSR count). The van der Waals surface area contributed by atoms with Gasteiger partial charge in [-0.05, 0) is 25.1 Å². The zero-order chi connectivity index (χ0) is 13.0. The molecule has 0 saturated carbocycles. The Labute approximate surface area is 105 Å². The van der Waals surface area contributed by atoms with Gasteiger partial charge < -0.3 is 15.7 Å². The largest absolute Gasteiger partial charge is 0.439 e. The van der Waals surface area contributed by atoms with Crippen LogP contribution >= 0.6 is 0 Å². The molecule has 0 aliphatic carbocycles. The van der Waals surface area contributed by atoms with E-state index >= 15 is 0 Å². The van der Waals surface area contributed by atoms with Gasteiger partial charge in [0, 0.05) is 17.8 Å². The van der Waals surface area contributed by atoms with Crippen molar-refractivity contribution >= 4 is 5.84 Å². The van der Waals surface area contributed by atoms with Crippen LogP contribution in [-0.4, -0.2) is 16.0 Å². The zero-order valence-corrected chi connectivity index (χ0v) is 9.87. The Kier molecular flexibility index (Phi) is 3.43. The van der Waals surface area contributed by atoms with E-state index in [2.05, 4.69) is 10.1 Å². The van der Waals surface area contributed by atoms with Crippen LogP contribution in [0.1, 0.15) is 11.1 Å². The Morgan fingerprint density at radius 1 is 1.22 bits per heavy atom. The first kappa shape index (κ1) is 11.9. The Morgan fingerprint density at radius 2 is 1.94 bits per heavy atom. The summed E-state index contributed by atoms with van der Waals surface area (Å²) in [5, 5.41) is 11.4.